The molecule has 3 fully saturated rings. The summed E-state index contributed by atoms with van der Waals surface area (Å²) in [5.74, 6) is -0.316. The van der Waals surface area contributed by atoms with Crippen LogP contribution in [-0.2, 0) is 24.5 Å². The van der Waals surface area contributed by atoms with E-state index in [-0.39, 0.29) is 32.8 Å². The van der Waals surface area contributed by atoms with Gasteiger partial charge in [0.05, 0.1) is 12.6 Å². The van der Waals surface area contributed by atoms with Gasteiger partial charge in [0, 0.05) is 50.9 Å². The fourth-order valence-corrected chi connectivity index (χ4v) is 6.81. The first-order chi connectivity index (χ1) is 17.3. The number of benzene rings is 1. The van der Waals surface area contributed by atoms with Crippen molar-refractivity contribution in [2.75, 3.05) is 53.0 Å². The zero-order valence-corrected chi connectivity index (χ0v) is 21.4. The van der Waals surface area contributed by atoms with Crippen LogP contribution in [0.15, 0.2) is 24.3 Å². The summed E-state index contributed by atoms with van der Waals surface area (Å²) < 4.78 is 39.8. The molecule has 1 aromatic carbocycles. The predicted octanol–water partition coefficient (Wildman–Crippen LogP) is 0.302. The van der Waals surface area contributed by atoms with Crippen LogP contribution < -0.4 is 10.3 Å². The topological polar surface area (TPSA) is 141 Å². The van der Waals surface area contributed by atoms with E-state index >= 15 is 0 Å². The van der Waals surface area contributed by atoms with Crippen molar-refractivity contribution in [2.45, 2.75) is 31.0 Å². The average molecular weight is 548 g/mol. The van der Waals surface area contributed by atoms with E-state index in [1.165, 1.54) is 16.3 Å². The van der Waals surface area contributed by atoms with Gasteiger partial charge in [0.2, 0.25) is 0 Å². The zero-order valence-electron chi connectivity index (χ0n) is 19.8. The number of carbonyl (C=O) groups is 2. The molecule has 15 heteroatoms. The molecule has 2 amide bonds. The highest BCUT2D eigenvalue weighted by molar-refractivity contribution is 7.86. The molecule has 3 heterocycles. The van der Waals surface area contributed by atoms with Crippen LogP contribution in [0.4, 0.5) is 4.79 Å². The molecule has 3 saturated heterocycles. The lowest BCUT2D eigenvalue weighted by molar-refractivity contribution is -0.136. The van der Waals surface area contributed by atoms with E-state index < -0.39 is 40.3 Å². The molecule has 2 bridgehead atoms. The third kappa shape index (κ3) is 5.54. The number of fused-ring (bicyclic) bond motifs is 2. The highest BCUT2D eigenvalue weighted by Gasteiger charge is 2.56. The average Bonchev–Trinajstić information content (AvgIpc) is 3.18. The van der Waals surface area contributed by atoms with Gasteiger partial charge in [0.15, 0.2) is 0 Å². The third-order valence-electron chi connectivity index (χ3n) is 6.58. The molecule has 0 aliphatic carbocycles. The van der Waals surface area contributed by atoms with Crippen molar-refractivity contribution < 1.29 is 37.5 Å². The maximum Gasteiger partial charge on any atom is 0.410 e. The first-order valence-electron chi connectivity index (χ1n) is 11.6. The number of hydrogen-bond acceptors (Lipinski definition) is 9. The highest BCUT2D eigenvalue weighted by atomic mass is 35.5. The normalized spacial score (nSPS) is 25.5. The van der Waals surface area contributed by atoms with Crippen molar-refractivity contribution in [2.24, 2.45) is 0 Å². The molecular formula is C21H30ClN5O8S. The molecule has 2 N–H and O–H groups in total. The number of amides is 2. The van der Waals surface area contributed by atoms with Crippen molar-refractivity contribution >= 4 is 33.8 Å². The van der Waals surface area contributed by atoms with Crippen molar-refractivity contribution in [1.82, 2.24) is 24.1 Å². The standard InChI is InChI=1S/C21H30ClN5O8S/c1-33-12-13-34-21(29)27-16-4-7-18(27)19(20(28)23-30)26(14-16)36(31,32)25-10-8-24(9-11-25)35-17-5-2-15(22)3-6-17/h2-3,5-6,16,18-19,30H,4,7-14H2,1H3,(H,23,28)/t16-,18+,19-/m1/s1. The molecule has 0 spiro atoms. The SMILES string of the molecule is COCCOC(=O)N1[C@@H]2CC[C@H]1[C@H](C(=O)NO)N(S(=O)(=O)N1CCN(Oc3ccc(Cl)cc3)CC1)C2. The quantitative estimate of drug-likeness (QED) is 0.267. The second-order valence-corrected chi connectivity index (χ2v) is 11.0. The molecule has 3 atom stereocenters. The second-order valence-electron chi connectivity index (χ2n) is 8.68. The number of ether oxygens (including phenoxy) is 2. The van der Waals surface area contributed by atoms with Crippen molar-refractivity contribution in [1.29, 1.82) is 0 Å². The van der Waals surface area contributed by atoms with Crippen LogP contribution in [0.3, 0.4) is 0 Å². The Hall–Kier alpha value is -2.20. The fourth-order valence-electron chi connectivity index (χ4n) is 4.88. The lowest BCUT2D eigenvalue weighted by atomic mass is 10.1. The molecule has 0 saturated carbocycles. The number of methoxy groups -OCH3 is 1. The summed E-state index contributed by atoms with van der Waals surface area (Å²) in [6.45, 7) is 1.04. The van der Waals surface area contributed by atoms with Crippen LogP contribution in [0.25, 0.3) is 0 Å². The highest BCUT2D eigenvalue weighted by Crippen LogP contribution is 2.37. The van der Waals surface area contributed by atoms with Gasteiger partial charge >= 0.3 is 6.09 Å². The fraction of sp³-hybridized carbons (Fsp3) is 0.619. The van der Waals surface area contributed by atoms with E-state index in [0.29, 0.717) is 36.7 Å². The van der Waals surface area contributed by atoms with Gasteiger partial charge in [-0.3, -0.25) is 14.9 Å². The van der Waals surface area contributed by atoms with E-state index in [1.807, 2.05) is 0 Å². The monoisotopic (exact) mass is 547 g/mol. The molecular weight excluding hydrogens is 518 g/mol. The van der Waals surface area contributed by atoms with Gasteiger partial charge in [0.25, 0.3) is 16.1 Å². The number of hydrogen-bond donors (Lipinski definition) is 2. The summed E-state index contributed by atoms with van der Waals surface area (Å²) in [4.78, 5) is 32.6. The minimum atomic E-state index is -4.09. The van der Waals surface area contributed by atoms with Gasteiger partial charge in [-0.05, 0) is 37.1 Å². The van der Waals surface area contributed by atoms with E-state index in [4.69, 9.17) is 25.9 Å². The van der Waals surface area contributed by atoms with E-state index in [0.717, 1.165) is 4.31 Å². The lowest BCUT2D eigenvalue weighted by Gasteiger charge is -2.46. The number of hydroxylamine groups is 3. The van der Waals surface area contributed by atoms with Crippen LogP contribution >= 0.6 is 11.6 Å². The molecule has 0 aromatic heterocycles. The van der Waals surface area contributed by atoms with Crippen LogP contribution in [0.2, 0.25) is 5.02 Å². The molecule has 3 aliphatic rings. The second kappa shape index (κ2) is 11.5. The van der Waals surface area contributed by atoms with Crippen molar-refractivity contribution in [3.63, 3.8) is 0 Å². The Morgan fingerprint density at radius 2 is 1.81 bits per heavy atom. The predicted molar refractivity (Wildman–Crippen MR) is 126 cm³/mol. The largest absolute Gasteiger partial charge is 0.447 e. The first kappa shape index (κ1) is 26.9. The summed E-state index contributed by atoms with van der Waals surface area (Å²) in [5, 5.41) is 11.6. The van der Waals surface area contributed by atoms with Crippen LogP contribution in [0, 0.1) is 0 Å². The van der Waals surface area contributed by atoms with Gasteiger partial charge in [-0.1, -0.05) is 11.6 Å². The summed E-state index contributed by atoms with van der Waals surface area (Å²) in [5.41, 5.74) is 1.57. The lowest BCUT2D eigenvalue weighted by Crippen LogP contribution is -2.68. The molecule has 200 valence electrons. The van der Waals surface area contributed by atoms with Crippen molar-refractivity contribution in [3.05, 3.63) is 29.3 Å². The maximum absolute atomic E-state index is 13.6. The minimum Gasteiger partial charge on any atom is -0.447 e. The molecule has 1 aromatic rings. The summed E-state index contributed by atoms with van der Waals surface area (Å²) in [6.07, 6.45) is 0.269. The number of rotatable bonds is 8. The van der Waals surface area contributed by atoms with E-state index in [9.17, 15) is 23.2 Å². The molecule has 4 rings (SSSR count). The minimum absolute atomic E-state index is 0.0342. The van der Waals surface area contributed by atoms with Gasteiger partial charge in [-0.25, -0.2) is 10.3 Å². The third-order valence-corrected chi connectivity index (χ3v) is 8.82. The Morgan fingerprint density at radius 1 is 1.11 bits per heavy atom. The Labute approximate surface area is 214 Å². The van der Waals surface area contributed by atoms with Crippen LogP contribution in [0.5, 0.6) is 5.75 Å². The molecule has 13 nitrogen and oxygen atoms in total. The zero-order chi connectivity index (χ0) is 25.9. The molecule has 0 unspecified atom stereocenters. The molecule has 0 radical (unpaired) electrons. The molecule has 36 heavy (non-hydrogen) atoms. The Balaban J connectivity index is 1.45. The number of nitrogens with one attached hydrogen (secondary N) is 1. The maximum atomic E-state index is 13.6. The van der Waals surface area contributed by atoms with Gasteiger partial charge in [-0.2, -0.15) is 17.0 Å². The summed E-state index contributed by atoms with van der Waals surface area (Å²) >= 11 is 5.90. The molecule has 3 aliphatic heterocycles. The number of halogens is 1. The van der Waals surface area contributed by atoms with Gasteiger partial charge < -0.3 is 14.3 Å². The number of carbonyl (C=O) groups excluding carboxylic acids is 2. The number of piperazine rings is 2. The van der Waals surface area contributed by atoms with Crippen LogP contribution in [0.1, 0.15) is 12.8 Å². The van der Waals surface area contributed by atoms with E-state index in [1.54, 1.807) is 34.8 Å². The smallest absolute Gasteiger partial charge is 0.410 e. The van der Waals surface area contributed by atoms with Gasteiger partial charge in [0.1, 0.15) is 18.4 Å². The summed E-state index contributed by atoms with van der Waals surface area (Å²) in [6, 6.07) is 4.33. The van der Waals surface area contributed by atoms with Crippen molar-refractivity contribution in [3.8, 4) is 5.75 Å². The Morgan fingerprint density at radius 3 is 2.44 bits per heavy atom. The van der Waals surface area contributed by atoms with E-state index in [2.05, 4.69) is 0 Å². The Bertz CT molecular complexity index is 1040. The van der Waals surface area contributed by atoms with Gasteiger partial charge in [-0.15, -0.1) is 5.06 Å². The van der Waals surface area contributed by atoms with Crippen LogP contribution in [-0.4, -0.2) is 115 Å². The Kier molecular flexibility index (Phi) is 8.55. The summed E-state index contributed by atoms with van der Waals surface area (Å²) in [7, 11) is -2.61. The number of nitrogens with zero attached hydrogens (tertiary/aromatic N) is 4. The first-order valence-corrected chi connectivity index (χ1v) is 13.4.